The normalized spacial score (nSPS) is 11.5. The third kappa shape index (κ3) is 5.79. The van der Waals surface area contributed by atoms with Crippen LogP contribution in [0.3, 0.4) is 0 Å². The van der Waals surface area contributed by atoms with E-state index in [-0.39, 0.29) is 17.7 Å². The molecule has 0 aliphatic carbocycles. The number of carbonyl (C=O) groups is 1. The minimum Gasteiger partial charge on any atom is -0.504 e. The van der Waals surface area contributed by atoms with Crippen molar-refractivity contribution in [1.29, 1.82) is 0 Å². The Bertz CT molecular complexity index is 1130. The van der Waals surface area contributed by atoms with E-state index in [1.165, 1.54) is 0 Å². The smallest absolute Gasteiger partial charge is 0.247 e. The number of nitrogens with one attached hydrogen (secondary N) is 1. The number of hydrogen-bond donors (Lipinski definition) is 2. The summed E-state index contributed by atoms with van der Waals surface area (Å²) in [6.07, 6.45) is 1.92. The number of phenolic OH excluding ortho intramolecular Hbond substituents is 1. The fourth-order valence-electron chi connectivity index (χ4n) is 3.52. The van der Waals surface area contributed by atoms with Crippen LogP contribution in [0.4, 0.5) is 0 Å². The Labute approximate surface area is 190 Å². The van der Waals surface area contributed by atoms with Crippen LogP contribution in [0.25, 0.3) is 17.2 Å². The average Bonchev–Trinajstić information content (AvgIpc) is 2.75. The molecule has 0 spiro atoms. The number of amides is 1. The maximum absolute atomic E-state index is 12.2. The molecule has 4 nitrogen and oxygen atoms in total. The third-order valence-corrected chi connectivity index (χ3v) is 5.27. The third-order valence-electron chi connectivity index (χ3n) is 5.27. The second-order valence-electron chi connectivity index (χ2n) is 8.44. The average molecular weight is 430 g/mol. The van der Waals surface area contributed by atoms with Crippen LogP contribution in [-0.2, 0) is 11.4 Å². The highest BCUT2D eigenvalue weighted by Gasteiger charge is 2.11. The van der Waals surface area contributed by atoms with Gasteiger partial charge in [-0.1, -0.05) is 48.5 Å². The van der Waals surface area contributed by atoms with E-state index in [2.05, 4.69) is 17.4 Å². The van der Waals surface area contributed by atoms with Crippen molar-refractivity contribution in [3.05, 3.63) is 88.5 Å². The lowest BCUT2D eigenvalue weighted by atomic mass is 9.94. The van der Waals surface area contributed by atoms with Gasteiger partial charge in [-0.05, 0) is 86.2 Å². The molecule has 1 amide bonds. The Hall–Kier alpha value is -3.53. The van der Waals surface area contributed by atoms with Crippen molar-refractivity contribution in [3.63, 3.8) is 0 Å². The van der Waals surface area contributed by atoms with Crippen LogP contribution in [0.2, 0.25) is 0 Å². The highest BCUT2D eigenvalue weighted by molar-refractivity contribution is 5.97. The quantitative estimate of drug-likeness (QED) is 0.441. The molecule has 166 valence electrons. The van der Waals surface area contributed by atoms with Gasteiger partial charge in [-0.2, -0.15) is 0 Å². The summed E-state index contributed by atoms with van der Waals surface area (Å²) in [6, 6.07) is 19.6. The molecule has 0 unspecified atom stereocenters. The van der Waals surface area contributed by atoms with E-state index < -0.39 is 0 Å². The van der Waals surface area contributed by atoms with Gasteiger partial charge in [0.05, 0.1) is 0 Å². The molecular formula is C28H31NO3. The lowest BCUT2D eigenvalue weighted by molar-refractivity contribution is -0.117. The lowest BCUT2D eigenvalue weighted by Gasteiger charge is -2.14. The van der Waals surface area contributed by atoms with E-state index in [0.29, 0.717) is 17.9 Å². The first-order valence-corrected chi connectivity index (χ1v) is 10.8. The van der Waals surface area contributed by atoms with Crippen LogP contribution in [0.15, 0.2) is 66.2 Å². The van der Waals surface area contributed by atoms with E-state index in [1.807, 2.05) is 77.1 Å². The standard InChI is InChI=1S/C28H31NO3/c1-18(2)29-28(31)21(5)14-24-13-20(4)25(15-19(24)3)23-11-12-27(26(30)16-23)32-17-22-9-7-6-8-10-22/h6-16,18,30H,17H2,1-5H3,(H,29,31). The molecule has 0 fully saturated rings. The van der Waals surface area contributed by atoms with Gasteiger partial charge in [-0.3, -0.25) is 4.79 Å². The Morgan fingerprint density at radius 2 is 1.75 bits per heavy atom. The predicted octanol–water partition coefficient (Wildman–Crippen LogP) is 6.18. The van der Waals surface area contributed by atoms with Gasteiger partial charge < -0.3 is 15.2 Å². The molecule has 0 heterocycles. The summed E-state index contributed by atoms with van der Waals surface area (Å²) < 4.78 is 5.78. The van der Waals surface area contributed by atoms with Gasteiger partial charge in [0.2, 0.25) is 5.91 Å². The van der Waals surface area contributed by atoms with E-state index in [4.69, 9.17) is 4.74 Å². The molecular weight excluding hydrogens is 398 g/mol. The maximum atomic E-state index is 12.2. The van der Waals surface area contributed by atoms with Crippen molar-refractivity contribution < 1.29 is 14.6 Å². The van der Waals surface area contributed by atoms with Gasteiger partial charge in [0, 0.05) is 11.6 Å². The zero-order chi connectivity index (χ0) is 23.3. The van der Waals surface area contributed by atoms with E-state index >= 15 is 0 Å². The van der Waals surface area contributed by atoms with E-state index in [1.54, 1.807) is 12.1 Å². The second kappa shape index (κ2) is 10.2. The van der Waals surface area contributed by atoms with Crippen molar-refractivity contribution in [3.8, 4) is 22.6 Å². The van der Waals surface area contributed by atoms with Crippen molar-refractivity contribution >= 4 is 12.0 Å². The Morgan fingerprint density at radius 3 is 2.41 bits per heavy atom. The molecule has 32 heavy (non-hydrogen) atoms. The molecule has 0 aliphatic heterocycles. The first kappa shape index (κ1) is 23.1. The number of aryl methyl sites for hydroxylation is 2. The second-order valence-corrected chi connectivity index (χ2v) is 8.44. The molecule has 3 aromatic carbocycles. The number of phenols is 1. The van der Waals surface area contributed by atoms with Gasteiger partial charge in [-0.25, -0.2) is 0 Å². The van der Waals surface area contributed by atoms with E-state index in [0.717, 1.165) is 33.4 Å². The van der Waals surface area contributed by atoms with Crippen LogP contribution >= 0.6 is 0 Å². The number of benzene rings is 3. The highest BCUT2D eigenvalue weighted by Crippen LogP contribution is 2.34. The molecule has 3 rings (SSSR count). The van der Waals surface area contributed by atoms with Crippen molar-refractivity contribution in [1.82, 2.24) is 5.32 Å². The summed E-state index contributed by atoms with van der Waals surface area (Å²) in [6.45, 7) is 10.2. The van der Waals surface area contributed by atoms with Crippen molar-refractivity contribution in [2.75, 3.05) is 0 Å². The summed E-state index contributed by atoms with van der Waals surface area (Å²) in [5, 5.41) is 13.4. The molecule has 2 N–H and O–H groups in total. The monoisotopic (exact) mass is 429 g/mol. The summed E-state index contributed by atoms with van der Waals surface area (Å²) in [7, 11) is 0. The number of carbonyl (C=O) groups excluding carboxylic acids is 1. The lowest BCUT2D eigenvalue weighted by Crippen LogP contribution is -2.30. The van der Waals surface area contributed by atoms with Crippen LogP contribution in [0.5, 0.6) is 11.5 Å². The van der Waals surface area contributed by atoms with Gasteiger partial charge >= 0.3 is 0 Å². The van der Waals surface area contributed by atoms with Crippen LogP contribution in [0.1, 0.15) is 43.0 Å². The molecule has 0 radical (unpaired) electrons. The summed E-state index contributed by atoms with van der Waals surface area (Å²) >= 11 is 0. The topological polar surface area (TPSA) is 58.6 Å². The Morgan fingerprint density at radius 1 is 1.03 bits per heavy atom. The number of rotatable bonds is 7. The maximum Gasteiger partial charge on any atom is 0.247 e. The number of hydrogen-bond acceptors (Lipinski definition) is 3. The van der Waals surface area contributed by atoms with Gasteiger partial charge in [-0.15, -0.1) is 0 Å². The first-order chi connectivity index (χ1) is 15.2. The summed E-state index contributed by atoms with van der Waals surface area (Å²) in [5.74, 6) is 0.510. The van der Waals surface area contributed by atoms with Crippen LogP contribution < -0.4 is 10.1 Å². The molecule has 0 bridgehead atoms. The Balaban J connectivity index is 1.81. The molecule has 0 aromatic heterocycles. The molecule has 0 saturated carbocycles. The fraction of sp³-hybridized carbons (Fsp3) is 0.250. The SMILES string of the molecule is CC(=Cc1cc(C)c(-c2ccc(OCc3ccccc3)c(O)c2)cc1C)C(=O)NC(C)C. The molecule has 0 atom stereocenters. The Kier molecular flexibility index (Phi) is 7.37. The predicted molar refractivity (Wildman–Crippen MR) is 131 cm³/mol. The number of ether oxygens (including phenoxy) is 1. The molecule has 3 aromatic rings. The minimum atomic E-state index is -0.0582. The summed E-state index contributed by atoms with van der Waals surface area (Å²) in [4.78, 5) is 12.2. The van der Waals surface area contributed by atoms with Crippen molar-refractivity contribution in [2.45, 2.75) is 47.3 Å². The van der Waals surface area contributed by atoms with Gasteiger partial charge in [0.25, 0.3) is 0 Å². The number of aromatic hydroxyl groups is 1. The van der Waals surface area contributed by atoms with Gasteiger partial charge in [0.15, 0.2) is 11.5 Å². The summed E-state index contributed by atoms with van der Waals surface area (Å²) in [5.41, 5.74) is 6.81. The van der Waals surface area contributed by atoms with Gasteiger partial charge in [0.1, 0.15) is 6.61 Å². The van der Waals surface area contributed by atoms with Crippen LogP contribution in [-0.4, -0.2) is 17.1 Å². The molecule has 4 heteroatoms. The zero-order valence-corrected chi connectivity index (χ0v) is 19.4. The zero-order valence-electron chi connectivity index (χ0n) is 19.4. The van der Waals surface area contributed by atoms with E-state index in [9.17, 15) is 9.90 Å². The molecule has 0 aliphatic rings. The first-order valence-electron chi connectivity index (χ1n) is 10.8. The largest absolute Gasteiger partial charge is 0.504 e. The fourth-order valence-corrected chi connectivity index (χ4v) is 3.52. The molecule has 0 saturated heterocycles. The highest BCUT2D eigenvalue weighted by atomic mass is 16.5. The van der Waals surface area contributed by atoms with Crippen molar-refractivity contribution in [2.24, 2.45) is 0 Å². The van der Waals surface area contributed by atoms with Crippen LogP contribution in [0, 0.1) is 13.8 Å². The minimum absolute atomic E-state index is 0.0582.